The molecule has 4 heteroatoms. The molecular formula is C28H28O4. The fraction of sp³-hybridized carbons (Fsp3) is 0.214. The summed E-state index contributed by atoms with van der Waals surface area (Å²) in [5.41, 5.74) is 4.64. The average molecular weight is 429 g/mol. The maximum absolute atomic E-state index is 13.0. The quantitative estimate of drug-likeness (QED) is 0.252. The van der Waals surface area contributed by atoms with E-state index in [4.69, 9.17) is 9.47 Å². The maximum atomic E-state index is 13.0. The van der Waals surface area contributed by atoms with E-state index in [0.717, 1.165) is 23.1 Å². The Kier molecular flexibility index (Phi) is 7.98. The largest absolute Gasteiger partial charge is 0.465 e. The Bertz CT molecular complexity index is 1060. The molecule has 3 rings (SSSR count). The lowest BCUT2D eigenvalue weighted by Gasteiger charge is -2.11. The van der Waals surface area contributed by atoms with E-state index >= 15 is 0 Å². The van der Waals surface area contributed by atoms with Crippen LogP contribution >= 0.6 is 0 Å². The molecule has 0 saturated carbocycles. The van der Waals surface area contributed by atoms with Gasteiger partial charge in [0.15, 0.2) is 0 Å². The number of carbonyl (C=O) groups excluding carboxylic acids is 2. The zero-order valence-electron chi connectivity index (χ0n) is 18.7. The number of hydrogen-bond donors (Lipinski definition) is 0. The summed E-state index contributed by atoms with van der Waals surface area (Å²) < 4.78 is 10.4. The van der Waals surface area contributed by atoms with Gasteiger partial charge >= 0.3 is 11.9 Å². The standard InChI is InChI=1S/C28H28O4/c1-20(2)17-21-9-13-24(14-10-21)26(28(30)32-19-23-7-5-4-6-8-23)18-22-11-15-25(16-12-22)27(29)31-3/h4-16,18,20H,17,19H2,1-3H3/b26-18-. The van der Waals surface area contributed by atoms with E-state index in [0.29, 0.717) is 17.1 Å². The molecule has 3 aromatic carbocycles. The average Bonchev–Trinajstić information content (AvgIpc) is 2.82. The Balaban J connectivity index is 1.88. The van der Waals surface area contributed by atoms with Gasteiger partial charge in [-0.15, -0.1) is 0 Å². The molecule has 0 radical (unpaired) electrons. The highest BCUT2D eigenvalue weighted by Crippen LogP contribution is 2.23. The lowest BCUT2D eigenvalue weighted by atomic mass is 9.98. The number of esters is 2. The van der Waals surface area contributed by atoms with E-state index in [1.807, 2.05) is 54.6 Å². The normalized spacial score (nSPS) is 11.3. The van der Waals surface area contributed by atoms with Gasteiger partial charge in [-0.05, 0) is 52.8 Å². The van der Waals surface area contributed by atoms with Crippen molar-refractivity contribution in [2.24, 2.45) is 5.92 Å². The Labute approximate surface area is 189 Å². The summed E-state index contributed by atoms with van der Waals surface area (Å²) >= 11 is 0. The third-order valence-electron chi connectivity index (χ3n) is 4.98. The second-order valence-corrected chi connectivity index (χ2v) is 8.03. The highest BCUT2D eigenvalue weighted by Gasteiger charge is 2.15. The molecule has 0 fully saturated rings. The summed E-state index contributed by atoms with van der Waals surface area (Å²) in [4.78, 5) is 24.7. The Morgan fingerprint density at radius 1 is 0.812 bits per heavy atom. The van der Waals surface area contributed by atoms with Gasteiger partial charge in [-0.3, -0.25) is 0 Å². The van der Waals surface area contributed by atoms with Gasteiger partial charge in [0.05, 0.1) is 18.2 Å². The third-order valence-corrected chi connectivity index (χ3v) is 4.98. The van der Waals surface area contributed by atoms with Crippen molar-refractivity contribution in [1.29, 1.82) is 0 Å². The second kappa shape index (κ2) is 11.1. The monoisotopic (exact) mass is 428 g/mol. The van der Waals surface area contributed by atoms with Crippen LogP contribution in [0.2, 0.25) is 0 Å². The summed E-state index contributed by atoms with van der Waals surface area (Å²) in [6, 6.07) is 24.5. The van der Waals surface area contributed by atoms with E-state index in [1.54, 1.807) is 30.3 Å². The fourth-order valence-corrected chi connectivity index (χ4v) is 3.35. The van der Waals surface area contributed by atoms with Crippen LogP contribution in [0.15, 0.2) is 78.9 Å². The van der Waals surface area contributed by atoms with Crippen LogP contribution in [0.4, 0.5) is 0 Å². The molecule has 0 atom stereocenters. The van der Waals surface area contributed by atoms with Gasteiger partial charge in [0.1, 0.15) is 6.61 Å². The van der Waals surface area contributed by atoms with Gasteiger partial charge in [0.2, 0.25) is 0 Å². The summed E-state index contributed by atoms with van der Waals surface area (Å²) in [5.74, 6) is -0.244. The SMILES string of the molecule is COC(=O)c1ccc(/C=C(\C(=O)OCc2ccccc2)c2ccc(CC(C)C)cc2)cc1. The predicted molar refractivity (Wildman–Crippen MR) is 127 cm³/mol. The summed E-state index contributed by atoms with van der Waals surface area (Å²) in [7, 11) is 1.35. The lowest BCUT2D eigenvalue weighted by Crippen LogP contribution is -2.08. The van der Waals surface area contributed by atoms with Crippen molar-refractivity contribution >= 4 is 23.6 Å². The highest BCUT2D eigenvalue weighted by molar-refractivity contribution is 6.21. The second-order valence-electron chi connectivity index (χ2n) is 8.03. The first kappa shape index (κ1) is 23.0. The first-order chi connectivity index (χ1) is 15.5. The van der Waals surface area contributed by atoms with E-state index in [9.17, 15) is 9.59 Å². The topological polar surface area (TPSA) is 52.6 Å². The molecule has 0 amide bonds. The van der Waals surface area contributed by atoms with Gasteiger partial charge in [-0.2, -0.15) is 0 Å². The van der Waals surface area contributed by atoms with Crippen molar-refractivity contribution in [3.8, 4) is 0 Å². The molecular weight excluding hydrogens is 400 g/mol. The van der Waals surface area contributed by atoms with Crippen molar-refractivity contribution in [2.75, 3.05) is 7.11 Å². The van der Waals surface area contributed by atoms with Crippen molar-refractivity contribution in [2.45, 2.75) is 26.9 Å². The molecule has 32 heavy (non-hydrogen) atoms. The number of rotatable bonds is 8. The number of benzene rings is 3. The molecule has 0 N–H and O–H groups in total. The van der Waals surface area contributed by atoms with Gasteiger partial charge in [-0.1, -0.05) is 80.6 Å². The zero-order valence-corrected chi connectivity index (χ0v) is 18.7. The molecule has 0 spiro atoms. The van der Waals surface area contributed by atoms with Gasteiger partial charge in [0, 0.05) is 0 Å². The van der Waals surface area contributed by atoms with Crippen molar-refractivity contribution in [3.05, 3.63) is 107 Å². The van der Waals surface area contributed by atoms with E-state index in [2.05, 4.69) is 13.8 Å². The minimum atomic E-state index is -0.400. The van der Waals surface area contributed by atoms with Crippen LogP contribution in [0.5, 0.6) is 0 Å². The molecule has 0 heterocycles. The Hall–Kier alpha value is -3.66. The van der Waals surface area contributed by atoms with Crippen LogP contribution in [0, 0.1) is 5.92 Å². The van der Waals surface area contributed by atoms with Crippen molar-refractivity contribution < 1.29 is 19.1 Å². The molecule has 3 aromatic rings. The minimum absolute atomic E-state index is 0.198. The summed E-state index contributed by atoms with van der Waals surface area (Å²) in [6.45, 7) is 4.56. The van der Waals surface area contributed by atoms with Crippen LogP contribution in [0.3, 0.4) is 0 Å². The third kappa shape index (κ3) is 6.42. The van der Waals surface area contributed by atoms with Crippen LogP contribution in [-0.2, 0) is 27.3 Å². The van der Waals surface area contributed by atoms with Crippen LogP contribution in [0.1, 0.15) is 46.5 Å². The first-order valence-corrected chi connectivity index (χ1v) is 10.7. The van der Waals surface area contributed by atoms with E-state index in [-0.39, 0.29) is 6.61 Å². The number of methoxy groups -OCH3 is 1. The van der Waals surface area contributed by atoms with Crippen LogP contribution in [0.25, 0.3) is 11.6 Å². The molecule has 0 aliphatic heterocycles. The van der Waals surface area contributed by atoms with Crippen molar-refractivity contribution in [1.82, 2.24) is 0 Å². The molecule has 164 valence electrons. The highest BCUT2D eigenvalue weighted by atomic mass is 16.5. The molecule has 0 aliphatic rings. The van der Waals surface area contributed by atoms with Crippen LogP contribution < -0.4 is 0 Å². The lowest BCUT2D eigenvalue weighted by molar-refractivity contribution is -0.137. The zero-order chi connectivity index (χ0) is 22.9. The molecule has 0 aliphatic carbocycles. The summed E-state index contributed by atoms with van der Waals surface area (Å²) in [6.07, 6.45) is 2.76. The van der Waals surface area contributed by atoms with Crippen molar-refractivity contribution in [3.63, 3.8) is 0 Å². The molecule has 4 nitrogen and oxygen atoms in total. The van der Waals surface area contributed by atoms with Gasteiger partial charge in [0.25, 0.3) is 0 Å². The smallest absolute Gasteiger partial charge is 0.339 e. The van der Waals surface area contributed by atoms with E-state index < -0.39 is 11.9 Å². The molecule has 0 bridgehead atoms. The van der Waals surface area contributed by atoms with E-state index in [1.165, 1.54) is 12.7 Å². The number of hydrogen-bond acceptors (Lipinski definition) is 4. The molecule has 0 aromatic heterocycles. The summed E-state index contributed by atoms with van der Waals surface area (Å²) in [5, 5.41) is 0. The van der Waals surface area contributed by atoms with Gasteiger partial charge < -0.3 is 9.47 Å². The molecule has 0 saturated heterocycles. The minimum Gasteiger partial charge on any atom is -0.465 e. The number of ether oxygens (including phenoxy) is 2. The molecule has 0 unspecified atom stereocenters. The number of carbonyl (C=O) groups is 2. The van der Waals surface area contributed by atoms with Gasteiger partial charge in [-0.25, -0.2) is 9.59 Å². The Morgan fingerprint density at radius 3 is 2.03 bits per heavy atom. The maximum Gasteiger partial charge on any atom is 0.339 e. The fourth-order valence-electron chi connectivity index (χ4n) is 3.35. The Morgan fingerprint density at radius 2 is 1.44 bits per heavy atom. The predicted octanol–water partition coefficient (Wildman–Crippen LogP) is 5.96. The van der Waals surface area contributed by atoms with Crippen LogP contribution in [-0.4, -0.2) is 19.0 Å². The first-order valence-electron chi connectivity index (χ1n) is 10.7.